The molecule has 6 rings (SSSR count). The number of carbonyl (C=O) groups is 1. The number of rotatable bonds is 2. The Morgan fingerprint density at radius 1 is 0.871 bits per heavy atom. The van der Waals surface area contributed by atoms with Gasteiger partial charge in [-0.2, -0.15) is 5.10 Å². The minimum atomic E-state index is -0.326. The molecule has 0 radical (unpaired) electrons. The standard InChI is InChI=1S/C25H24N4O2/c30-25(24-18-7-1-3-10-21(18)31-22-11-4-2-8-19(22)24)29-14-12-28(13-15-29)23-16-17-6-5-9-20(17)26-27-23/h1-4,7-8,10-11,16,24H,5-6,9,12-15H2. The van der Waals surface area contributed by atoms with Gasteiger partial charge in [0.05, 0.1) is 11.6 Å². The van der Waals surface area contributed by atoms with E-state index in [1.54, 1.807) is 0 Å². The van der Waals surface area contributed by atoms with Crippen LogP contribution in [0.1, 0.15) is 34.7 Å². The van der Waals surface area contributed by atoms with Gasteiger partial charge in [-0.25, -0.2) is 0 Å². The van der Waals surface area contributed by atoms with Crippen LogP contribution in [0.25, 0.3) is 0 Å². The van der Waals surface area contributed by atoms with Crippen LogP contribution in [-0.2, 0) is 17.6 Å². The second-order valence-electron chi connectivity index (χ2n) is 8.45. The summed E-state index contributed by atoms with van der Waals surface area (Å²) in [5.41, 5.74) is 4.37. The maximum Gasteiger partial charge on any atom is 0.234 e. The molecular weight excluding hydrogens is 388 g/mol. The molecule has 3 aliphatic rings. The first-order valence-electron chi connectivity index (χ1n) is 11.0. The summed E-state index contributed by atoms with van der Waals surface area (Å²) in [5, 5.41) is 8.88. The Labute approximate surface area is 181 Å². The summed E-state index contributed by atoms with van der Waals surface area (Å²) in [5.74, 6) is 2.29. The summed E-state index contributed by atoms with van der Waals surface area (Å²) in [6.07, 6.45) is 3.31. The molecule has 1 saturated heterocycles. The van der Waals surface area contributed by atoms with Crippen molar-refractivity contribution in [3.05, 3.63) is 77.0 Å². The Balaban J connectivity index is 1.23. The Kier molecular flexibility index (Phi) is 4.37. The number of carbonyl (C=O) groups excluding carboxylic acids is 1. The summed E-state index contributed by atoms with van der Waals surface area (Å²) < 4.78 is 6.06. The summed E-state index contributed by atoms with van der Waals surface area (Å²) in [6.45, 7) is 2.90. The number of amides is 1. The topological polar surface area (TPSA) is 58.6 Å². The average Bonchev–Trinajstić information content (AvgIpc) is 3.30. The maximum atomic E-state index is 13.7. The monoisotopic (exact) mass is 412 g/mol. The van der Waals surface area contributed by atoms with Crippen molar-refractivity contribution >= 4 is 11.7 Å². The quantitative estimate of drug-likeness (QED) is 0.644. The lowest BCUT2D eigenvalue weighted by molar-refractivity contribution is -0.132. The molecule has 0 N–H and O–H groups in total. The third-order valence-corrected chi connectivity index (χ3v) is 6.65. The van der Waals surface area contributed by atoms with Crippen LogP contribution in [0.4, 0.5) is 5.82 Å². The maximum absolute atomic E-state index is 13.7. The van der Waals surface area contributed by atoms with Crippen LogP contribution >= 0.6 is 0 Å². The van der Waals surface area contributed by atoms with Gasteiger partial charge in [0, 0.05) is 37.3 Å². The Morgan fingerprint density at radius 2 is 1.55 bits per heavy atom. The highest BCUT2D eigenvalue weighted by molar-refractivity contribution is 5.90. The van der Waals surface area contributed by atoms with E-state index >= 15 is 0 Å². The number of ether oxygens (including phenoxy) is 1. The fraction of sp³-hybridized carbons (Fsp3) is 0.320. The van der Waals surface area contributed by atoms with Crippen LogP contribution in [0.3, 0.4) is 0 Å². The molecule has 0 bridgehead atoms. The molecule has 0 spiro atoms. The zero-order valence-electron chi connectivity index (χ0n) is 17.3. The number of benzene rings is 2. The second kappa shape index (κ2) is 7.38. The molecule has 2 aliphatic heterocycles. The van der Waals surface area contributed by atoms with Crippen molar-refractivity contribution in [2.45, 2.75) is 25.2 Å². The smallest absolute Gasteiger partial charge is 0.234 e. The zero-order valence-corrected chi connectivity index (χ0v) is 17.3. The van der Waals surface area contributed by atoms with E-state index in [9.17, 15) is 4.79 Å². The SMILES string of the molecule is O=C(C1c2ccccc2Oc2ccccc21)N1CCN(c2cc3c(nn2)CCC3)CC1. The largest absolute Gasteiger partial charge is 0.457 e. The molecule has 0 saturated carbocycles. The number of nitrogens with zero attached hydrogens (tertiary/aromatic N) is 4. The Morgan fingerprint density at radius 3 is 2.26 bits per heavy atom. The van der Waals surface area contributed by atoms with Gasteiger partial charge in [-0.05, 0) is 43.0 Å². The van der Waals surface area contributed by atoms with Crippen molar-refractivity contribution in [3.8, 4) is 11.5 Å². The normalized spacial score (nSPS) is 17.5. The van der Waals surface area contributed by atoms with Crippen molar-refractivity contribution in [2.24, 2.45) is 0 Å². The van der Waals surface area contributed by atoms with Crippen molar-refractivity contribution in [2.75, 3.05) is 31.1 Å². The number of para-hydroxylation sites is 2. The molecule has 6 heteroatoms. The first kappa shape index (κ1) is 18.4. The summed E-state index contributed by atoms with van der Waals surface area (Å²) in [4.78, 5) is 17.9. The third-order valence-electron chi connectivity index (χ3n) is 6.65. The number of hydrogen-bond donors (Lipinski definition) is 0. The first-order chi connectivity index (χ1) is 15.3. The molecule has 3 heterocycles. The van der Waals surface area contributed by atoms with Gasteiger partial charge < -0.3 is 14.5 Å². The van der Waals surface area contributed by atoms with Crippen LogP contribution in [-0.4, -0.2) is 47.2 Å². The molecule has 6 nitrogen and oxygen atoms in total. The lowest BCUT2D eigenvalue weighted by Crippen LogP contribution is -2.50. The van der Waals surface area contributed by atoms with Crippen LogP contribution in [0.15, 0.2) is 54.6 Å². The fourth-order valence-electron chi connectivity index (χ4n) is 4.99. The predicted molar refractivity (Wildman–Crippen MR) is 118 cm³/mol. The zero-order chi connectivity index (χ0) is 20.8. The molecule has 31 heavy (non-hydrogen) atoms. The number of hydrogen-bond acceptors (Lipinski definition) is 5. The number of fused-ring (bicyclic) bond motifs is 3. The van der Waals surface area contributed by atoms with E-state index in [0.29, 0.717) is 13.1 Å². The van der Waals surface area contributed by atoms with E-state index in [0.717, 1.165) is 60.1 Å². The first-order valence-corrected chi connectivity index (χ1v) is 11.0. The van der Waals surface area contributed by atoms with Gasteiger partial charge in [0.1, 0.15) is 11.5 Å². The van der Waals surface area contributed by atoms with Crippen LogP contribution in [0.5, 0.6) is 11.5 Å². The van der Waals surface area contributed by atoms with Gasteiger partial charge in [0.25, 0.3) is 0 Å². The van der Waals surface area contributed by atoms with Gasteiger partial charge in [-0.15, -0.1) is 5.10 Å². The van der Waals surface area contributed by atoms with Crippen molar-refractivity contribution < 1.29 is 9.53 Å². The van der Waals surface area contributed by atoms with Gasteiger partial charge in [0.15, 0.2) is 5.82 Å². The third kappa shape index (κ3) is 3.14. The van der Waals surface area contributed by atoms with E-state index in [1.807, 2.05) is 53.4 Å². The molecule has 0 unspecified atom stereocenters. The lowest BCUT2D eigenvalue weighted by Gasteiger charge is -2.38. The Hall–Kier alpha value is -3.41. The van der Waals surface area contributed by atoms with Crippen LogP contribution in [0, 0.1) is 0 Å². The van der Waals surface area contributed by atoms with Crippen LogP contribution in [0.2, 0.25) is 0 Å². The van der Waals surface area contributed by atoms with Crippen molar-refractivity contribution in [1.82, 2.24) is 15.1 Å². The number of aromatic nitrogens is 2. The molecule has 1 aromatic heterocycles. The van der Waals surface area contributed by atoms with Gasteiger partial charge in [-0.1, -0.05) is 36.4 Å². The molecule has 2 aromatic carbocycles. The molecule has 1 aliphatic carbocycles. The Bertz CT molecular complexity index is 1110. The minimum Gasteiger partial charge on any atom is -0.457 e. The fourth-order valence-corrected chi connectivity index (χ4v) is 4.99. The minimum absolute atomic E-state index is 0.142. The van der Waals surface area contributed by atoms with E-state index in [-0.39, 0.29) is 11.8 Å². The summed E-state index contributed by atoms with van der Waals surface area (Å²) >= 11 is 0. The highest BCUT2D eigenvalue weighted by Crippen LogP contribution is 2.44. The van der Waals surface area contributed by atoms with Crippen LogP contribution < -0.4 is 9.64 Å². The second-order valence-corrected chi connectivity index (χ2v) is 8.45. The van der Waals surface area contributed by atoms with Gasteiger partial charge in [-0.3, -0.25) is 4.79 Å². The highest BCUT2D eigenvalue weighted by atomic mass is 16.5. The highest BCUT2D eigenvalue weighted by Gasteiger charge is 2.36. The number of aryl methyl sites for hydroxylation is 2. The van der Waals surface area contributed by atoms with Gasteiger partial charge >= 0.3 is 0 Å². The lowest BCUT2D eigenvalue weighted by atomic mass is 9.86. The van der Waals surface area contributed by atoms with E-state index in [1.165, 1.54) is 12.0 Å². The van der Waals surface area contributed by atoms with Crippen molar-refractivity contribution in [1.29, 1.82) is 0 Å². The van der Waals surface area contributed by atoms with E-state index in [2.05, 4.69) is 21.2 Å². The number of anilines is 1. The van der Waals surface area contributed by atoms with E-state index < -0.39 is 0 Å². The average molecular weight is 412 g/mol. The number of piperazine rings is 1. The van der Waals surface area contributed by atoms with Crippen molar-refractivity contribution in [3.63, 3.8) is 0 Å². The summed E-state index contributed by atoms with van der Waals surface area (Å²) in [6, 6.07) is 17.9. The molecule has 156 valence electrons. The summed E-state index contributed by atoms with van der Waals surface area (Å²) in [7, 11) is 0. The molecule has 0 atom stereocenters. The van der Waals surface area contributed by atoms with Gasteiger partial charge in [0.2, 0.25) is 5.91 Å². The molecule has 3 aromatic rings. The molecule has 1 fully saturated rings. The molecule has 1 amide bonds. The predicted octanol–water partition coefficient (Wildman–Crippen LogP) is 3.55. The van der Waals surface area contributed by atoms with E-state index in [4.69, 9.17) is 4.74 Å². The molecular formula is C25H24N4O2.